The van der Waals surface area contributed by atoms with Crippen LogP contribution in [0.15, 0.2) is 36.4 Å². The van der Waals surface area contributed by atoms with Crippen molar-refractivity contribution in [3.05, 3.63) is 42.1 Å². The van der Waals surface area contributed by atoms with Crippen LogP contribution in [-0.2, 0) is 16.0 Å². The molecule has 0 saturated carbocycles. The first-order valence-corrected chi connectivity index (χ1v) is 7.97. The second kappa shape index (κ2) is 7.06. The van der Waals surface area contributed by atoms with E-state index in [-0.39, 0.29) is 11.8 Å². The summed E-state index contributed by atoms with van der Waals surface area (Å²) in [6, 6.07) is 12.1. The SMILES string of the molecule is COCCC(=O)N1CC(O)C(Cc2ccc3ccccc3n2)C1. The van der Waals surface area contributed by atoms with Gasteiger partial charge < -0.3 is 14.7 Å². The lowest BCUT2D eigenvalue weighted by molar-refractivity contribution is -0.131. The zero-order valence-corrected chi connectivity index (χ0v) is 13.3. The third-order valence-corrected chi connectivity index (χ3v) is 4.41. The van der Waals surface area contributed by atoms with Gasteiger partial charge in [-0.3, -0.25) is 9.78 Å². The third kappa shape index (κ3) is 3.68. The number of amides is 1. The predicted octanol–water partition coefficient (Wildman–Crippen LogP) is 1.63. The number of carbonyl (C=O) groups is 1. The zero-order chi connectivity index (χ0) is 16.2. The molecule has 1 aliphatic rings. The van der Waals surface area contributed by atoms with Crippen molar-refractivity contribution in [1.82, 2.24) is 9.88 Å². The molecule has 5 nitrogen and oxygen atoms in total. The van der Waals surface area contributed by atoms with Gasteiger partial charge >= 0.3 is 0 Å². The maximum absolute atomic E-state index is 12.0. The van der Waals surface area contributed by atoms with Crippen LogP contribution in [0.5, 0.6) is 0 Å². The molecule has 0 bridgehead atoms. The van der Waals surface area contributed by atoms with Crippen molar-refractivity contribution < 1.29 is 14.6 Å². The Morgan fingerprint density at radius 1 is 1.30 bits per heavy atom. The molecular weight excluding hydrogens is 292 g/mol. The topological polar surface area (TPSA) is 62.7 Å². The molecule has 3 rings (SSSR count). The van der Waals surface area contributed by atoms with Gasteiger partial charge in [0.2, 0.25) is 5.91 Å². The number of aliphatic hydroxyl groups excluding tert-OH is 1. The Balaban J connectivity index is 1.66. The number of benzene rings is 1. The number of pyridine rings is 1. The molecule has 1 saturated heterocycles. The minimum absolute atomic E-state index is 0.0372. The van der Waals surface area contributed by atoms with Gasteiger partial charge in [0.25, 0.3) is 0 Å². The Bertz CT molecular complexity index is 689. The standard InChI is InChI=1S/C18H22N2O3/c1-23-9-8-18(22)20-11-14(17(21)12-20)10-15-7-6-13-4-2-3-5-16(13)19-15/h2-7,14,17,21H,8-12H2,1H3. The number of hydrogen-bond acceptors (Lipinski definition) is 4. The van der Waals surface area contributed by atoms with Crippen molar-refractivity contribution in [3.63, 3.8) is 0 Å². The highest BCUT2D eigenvalue weighted by molar-refractivity contribution is 5.78. The summed E-state index contributed by atoms with van der Waals surface area (Å²) in [4.78, 5) is 18.4. The number of hydrogen-bond donors (Lipinski definition) is 1. The van der Waals surface area contributed by atoms with Gasteiger partial charge in [0.1, 0.15) is 0 Å². The Labute approximate surface area is 135 Å². The lowest BCUT2D eigenvalue weighted by Gasteiger charge is -2.15. The molecule has 23 heavy (non-hydrogen) atoms. The lowest BCUT2D eigenvalue weighted by Crippen LogP contribution is -2.30. The van der Waals surface area contributed by atoms with Gasteiger partial charge in [-0.1, -0.05) is 24.3 Å². The quantitative estimate of drug-likeness (QED) is 0.911. The molecule has 1 amide bonds. The van der Waals surface area contributed by atoms with Crippen LogP contribution in [0.1, 0.15) is 12.1 Å². The summed E-state index contributed by atoms with van der Waals surface area (Å²) in [6.45, 7) is 1.40. The van der Waals surface area contributed by atoms with Gasteiger partial charge in [0, 0.05) is 37.2 Å². The number of aliphatic hydroxyl groups is 1. The predicted molar refractivity (Wildman–Crippen MR) is 88.0 cm³/mol. The number of likely N-dealkylation sites (tertiary alicyclic amines) is 1. The van der Waals surface area contributed by atoms with Crippen molar-refractivity contribution in [1.29, 1.82) is 0 Å². The maximum atomic E-state index is 12.0. The second-order valence-corrected chi connectivity index (χ2v) is 6.07. The summed E-state index contributed by atoms with van der Waals surface area (Å²) < 4.78 is 4.94. The van der Waals surface area contributed by atoms with Crippen LogP contribution >= 0.6 is 0 Å². The number of methoxy groups -OCH3 is 1. The second-order valence-electron chi connectivity index (χ2n) is 6.07. The molecule has 2 heterocycles. The molecule has 2 aromatic rings. The van der Waals surface area contributed by atoms with Crippen LogP contribution < -0.4 is 0 Å². The van der Waals surface area contributed by atoms with Gasteiger partial charge in [-0.2, -0.15) is 0 Å². The molecule has 0 radical (unpaired) electrons. The van der Waals surface area contributed by atoms with E-state index >= 15 is 0 Å². The smallest absolute Gasteiger partial charge is 0.224 e. The first-order valence-electron chi connectivity index (χ1n) is 7.97. The molecule has 0 aliphatic carbocycles. The number of β-amino-alcohol motifs (C(OH)–C–C–N with tert-alkyl or cyclic N) is 1. The molecule has 0 spiro atoms. The molecular formula is C18H22N2O3. The Morgan fingerprint density at radius 3 is 2.96 bits per heavy atom. The van der Waals surface area contributed by atoms with Gasteiger partial charge in [-0.25, -0.2) is 0 Å². The summed E-state index contributed by atoms with van der Waals surface area (Å²) in [6.07, 6.45) is 0.555. The minimum atomic E-state index is -0.491. The van der Waals surface area contributed by atoms with Crippen molar-refractivity contribution in [2.45, 2.75) is 18.9 Å². The van der Waals surface area contributed by atoms with Crippen LogP contribution in [0.3, 0.4) is 0 Å². The maximum Gasteiger partial charge on any atom is 0.224 e. The number of carbonyl (C=O) groups excluding carboxylic acids is 1. The lowest BCUT2D eigenvalue weighted by atomic mass is 9.99. The summed E-state index contributed by atoms with van der Waals surface area (Å²) in [5.41, 5.74) is 1.92. The number of rotatable bonds is 5. The molecule has 1 fully saturated rings. The van der Waals surface area contributed by atoms with Crippen LogP contribution in [0, 0.1) is 5.92 Å². The van der Waals surface area contributed by atoms with Crippen molar-refractivity contribution >= 4 is 16.8 Å². The number of ether oxygens (including phenoxy) is 1. The van der Waals surface area contributed by atoms with E-state index in [1.807, 2.05) is 30.3 Å². The number of aromatic nitrogens is 1. The van der Waals surface area contributed by atoms with Gasteiger partial charge in [0.05, 0.1) is 24.6 Å². The van der Waals surface area contributed by atoms with E-state index in [1.165, 1.54) is 0 Å². The fraction of sp³-hybridized carbons (Fsp3) is 0.444. The molecule has 2 unspecified atom stereocenters. The molecule has 1 aromatic carbocycles. The first kappa shape index (κ1) is 15.9. The van der Waals surface area contributed by atoms with E-state index in [9.17, 15) is 9.90 Å². The van der Waals surface area contributed by atoms with Crippen molar-refractivity contribution in [2.75, 3.05) is 26.8 Å². The van der Waals surface area contributed by atoms with E-state index in [2.05, 4.69) is 11.1 Å². The highest BCUT2D eigenvalue weighted by Gasteiger charge is 2.33. The molecule has 1 aromatic heterocycles. The number of nitrogens with zero attached hydrogens (tertiary/aromatic N) is 2. The average molecular weight is 314 g/mol. The first-order chi connectivity index (χ1) is 11.2. The zero-order valence-electron chi connectivity index (χ0n) is 13.3. The largest absolute Gasteiger partial charge is 0.391 e. The molecule has 122 valence electrons. The molecule has 1 N–H and O–H groups in total. The minimum Gasteiger partial charge on any atom is -0.391 e. The van der Waals surface area contributed by atoms with E-state index in [0.717, 1.165) is 16.6 Å². The fourth-order valence-electron chi connectivity index (χ4n) is 3.10. The van der Waals surface area contributed by atoms with Crippen LogP contribution in [0.2, 0.25) is 0 Å². The van der Waals surface area contributed by atoms with E-state index in [4.69, 9.17) is 4.74 Å². The Hall–Kier alpha value is -1.98. The normalized spacial score (nSPS) is 21.0. The van der Waals surface area contributed by atoms with E-state index in [1.54, 1.807) is 12.0 Å². The summed E-state index contributed by atoms with van der Waals surface area (Å²) in [7, 11) is 1.58. The average Bonchev–Trinajstić information content (AvgIpc) is 2.93. The monoisotopic (exact) mass is 314 g/mol. The number of fused-ring (bicyclic) bond motifs is 1. The van der Waals surface area contributed by atoms with Crippen molar-refractivity contribution in [2.24, 2.45) is 5.92 Å². The fourth-order valence-corrected chi connectivity index (χ4v) is 3.10. The summed E-state index contributed by atoms with van der Waals surface area (Å²) in [5, 5.41) is 11.4. The van der Waals surface area contributed by atoms with Gasteiger partial charge in [-0.15, -0.1) is 0 Å². The van der Waals surface area contributed by atoms with Gasteiger partial charge in [0.15, 0.2) is 0 Å². The van der Waals surface area contributed by atoms with Crippen LogP contribution in [0.4, 0.5) is 0 Å². The van der Waals surface area contributed by atoms with E-state index < -0.39 is 6.10 Å². The highest BCUT2D eigenvalue weighted by Crippen LogP contribution is 2.22. The highest BCUT2D eigenvalue weighted by atomic mass is 16.5. The summed E-state index contributed by atoms with van der Waals surface area (Å²) >= 11 is 0. The van der Waals surface area contributed by atoms with Gasteiger partial charge in [-0.05, 0) is 18.6 Å². The third-order valence-electron chi connectivity index (χ3n) is 4.41. The Kier molecular flexibility index (Phi) is 4.88. The van der Waals surface area contributed by atoms with E-state index in [0.29, 0.717) is 32.5 Å². The Morgan fingerprint density at radius 2 is 2.13 bits per heavy atom. The number of para-hydroxylation sites is 1. The molecule has 1 aliphatic heterocycles. The van der Waals surface area contributed by atoms with Crippen LogP contribution in [-0.4, -0.2) is 53.8 Å². The summed E-state index contributed by atoms with van der Waals surface area (Å²) in [5.74, 6) is 0.0787. The van der Waals surface area contributed by atoms with Crippen LogP contribution in [0.25, 0.3) is 10.9 Å². The van der Waals surface area contributed by atoms with Crippen molar-refractivity contribution in [3.8, 4) is 0 Å². The molecule has 5 heteroatoms. The molecule has 2 atom stereocenters.